The molecule has 0 aromatic carbocycles. The zero-order valence-corrected chi connectivity index (χ0v) is 11.0. The Kier molecular flexibility index (Phi) is 3.88. The Balaban J connectivity index is 2.09. The molecule has 2 aromatic rings. The number of nitrogens with zero attached hydrogens (tertiary/aromatic N) is 4. The van der Waals surface area contributed by atoms with Crippen molar-refractivity contribution in [3.8, 4) is 0 Å². The number of sulfonamides is 1. The van der Waals surface area contributed by atoms with Gasteiger partial charge in [0.1, 0.15) is 6.33 Å². The number of aromatic nitrogens is 4. The maximum atomic E-state index is 11.9. The lowest BCUT2D eigenvalue weighted by molar-refractivity contribution is 0.281. The average molecular weight is 283 g/mol. The molecule has 0 unspecified atom stereocenters. The van der Waals surface area contributed by atoms with E-state index in [-0.39, 0.29) is 18.2 Å². The Morgan fingerprint density at radius 1 is 1.37 bits per heavy atom. The van der Waals surface area contributed by atoms with Crippen LogP contribution >= 0.6 is 0 Å². The topological polar surface area (TPSA) is 110 Å². The summed E-state index contributed by atoms with van der Waals surface area (Å²) in [4.78, 5) is 7.69. The molecule has 19 heavy (non-hydrogen) atoms. The van der Waals surface area contributed by atoms with Crippen LogP contribution in [0.5, 0.6) is 0 Å². The summed E-state index contributed by atoms with van der Waals surface area (Å²) < 4.78 is 27.7. The lowest BCUT2D eigenvalue weighted by Gasteiger charge is -2.04. The highest BCUT2D eigenvalue weighted by Crippen LogP contribution is 2.07. The third-order valence-electron chi connectivity index (χ3n) is 2.32. The van der Waals surface area contributed by atoms with Gasteiger partial charge in [-0.15, -0.1) is 0 Å². The van der Waals surface area contributed by atoms with Gasteiger partial charge in [-0.2, -0.15) is 5.10 Å². The van der Waals surface area contributed by atoms with E-state index in [1.807, 2.05) is 0 Å². The van der Waals surface area contributed by atoms with E-state index < -0.39 is 10.0 Å². The summed E-state index contributed by atoms with van der Waals surface area (Å²) in [6, 6.07) is 2.83. The second kappa shape index (κ2) is 5.43. The van der Waals surface area contributed by atoms with Crippen LogP contribution in [0.15, 0.2) is 29.7 Å². The highest BCUT2D eigenvalue weighted by atomic mass is 32.2. The van der Waals surface area contributed by atoms with E-state index in [0.29, 0.717) is 11.4 Å². The molecule has 0 aliphatic heterocycles. The molecule has 8 nitrogen and oxygen atoms in total. The van der Waals surface area contributed by atoms with Crippen LogP contribution in [0.2, 0.25) is 0 Å². The van der Waals surface area contributed by atoms with E-state index in [0.717, 1.165) is 0 Å². The Morgan fingerprint density at radius 2 is 2.16 bits per heavy atom. The molecule has 0 radical (unpaired) electrons. The number of nitrogens with one attached hydrogen (secondary N) is 1. The van der Waals surface area contributed by atoms with E-state index in [2.05, 4.69) is 19.8 Å². The van der Waals surface area contributed by atoms with Gasteiger partial charge in [0, 0.05) is 13.2 Å². The molecule has 2 N–H and O–H groups in total. The predicted molar refractivity (Wildman–Crippen MR) is 65.2 cm³/mol. The molecular weight excluding hydrogens is 270 g/mol. The van der Waals surface area contributed by atoms with Gasteiger partial charge in [-0.25, -0.2) is 23.1 Å². The molecule has 102 valence electrons. The Hall–Kier alpha value is -1.84. The zero-order valence-electron chi connectivity index (χ0n) is 10.2. The summed E-state index contributed by atoms with van der Waals surface area (Å²) in [6.07, 6.45) is 2.80. The van der Waals surface area contributed by atoms with Crippen LogP contribution in [0.1, 0.15) is 11.4 Å². The van der Waals surface area contributed by atoms with Crippen LogP contribution in [-0.4, -0.2) is 33.3 Å². The molecule has 0 aliphatic rings. The molecule has 2 rings (SSSR count). The predicted octanol–water partition coefficient (Wildman–Crippen LogP) is -0.819. The van der Waals surface area contributed by atoms with Gasteiger partial charge in [0.15, 0.2) is 10.9 Å². The quantitative estimate of drug-likeness (QED) is 0.742. The zero-order chi connectivity index (χ0) is 13.9. The van der Waals surface area contributed by atoms with Crippen LogP contribution < -0.4 is 4.72 Å². The fraction of sp³-hybridized carbons (Fsp3) is 0.300. The Labute approximate surface area is 110 Å². The average Bonchev–Trinajstić information content (AvgIpc) is 2.82. The maximum Gasteiger partial charge on any atom is 0.258 e. The number of aryl methyl sites for hydroxylation is 1. The maximum absolute atomic E-state index is 11.9. The van der Waals surface area contributed by atoms with Crippen molar-refractivity contribution in [1.82, 2.24) is 24.5 Å². The largest absolute Gasteiger partial charge is 0.392 e. The van der Waals surface area contributed by atoms with Crippen molar-refractivity contribution in [2.75, 3.05) is 0 Å². The number of hydrogen-bond acceptors (Lipinski definition) is 6. The van der Waals surface area contributed by atoms with E-state index in [4.69, 9.17) is 5.11 Å². The van der Waals surface area contributed by atoms with Crippen LogP contribution in [0, 0.1) is 0 Å². The summed E-state index contributed by atoms with van der Waals surface area (Å²) >= 11 is 0. The number of pyridine rings is 1. The minimum absolute atomic E-state index is 0.00734. The van der Waals surface area contributed by atoms with Gasteiger partial charge in [-0.1, -0.05) is 6.07 Å². The fourth-order valence-corrected chi connectivity index (χ4v) is 2.27. The SMILES string of the molecule is Cn1cnc(CNS(=O)(=O)c2ccc(CO)cn2)n1. The molecular formula is C10H13N5O3S. The second-order valence-electron chi connectivity index (χ2n) is 3.82. The van der Waals surface area contributed by atoms with Crippen LogP contribution in [-0.2, 0) is 30.2 Å². The van der Waals surface area contributed by atoms with Crippen molar-refractivity contribution in [1.29, 1.82) is 0 Å². The van der Waals surface area contributed by atoms with Crippen LogP contribution in [0.3, 0.4) is 0 Å². The van der Waals surface area contributed by atoms with Gasteiger partial charge in [0.2, 0.25) is 0 Å². The smallest absolute Gasteiger partial charge is 0.258 e. The van der Waals surface area contributed by atoms with Crippen molar-refractivity contribution >= 4 is 10.0 Å². The molecule has 0 amide bonds. The first-order valence-electron chi connectivity index (χ1n) is 5.41. The molecule has 2 aromatic heterocycles. The number of rotatable bonds is 5. The number of hydrogen-bond donors (Lipinski definition) is 2. The molecule has 2 heterocycles. The van der Waals surface area contributed by atoms with Gasteiger partial charge in [-0.05, 0) is 11.6 Å². The summed E-state index contributed by atoms with van der Waals surface area (Å²) in [5.74, 6) is 0.373. The monoisotopic (exact) mass is 283 g/mol. The molecule has 0 spiro atoms. The lowest BCUT2D eigenvalue weighted by Crippen LogP contribution is -2.24. The van der Waals surface area contributed by atoms with Gasteiger partial charge in [-0.3, -0.25) is 4.68 Å². The van der Waals surface area contributed by atoms with Crippen molar-refractivity contribution in [2.45, 2.75) is 18.2 Å². The minimum Gasteiger partial charge on any atom is -0.392 e. The number of aliphatic hydroxyl groups excluding tert-OH is 1. The first kappa shape index (κ1) is 13.6. The molecule has 0 saturated carbocycles. The molecule has 9 heteroatoms. The normalized spacial score (nSPS) is 11.7. The van der Waals surface area contributed by atoms with Gasteiger partial charge in [0.25, 0.3) is 10.0 Å². The van der Waals surface area contributed by atoms with Gasteiger partial charge >= 0.3 is 0 Å². The summed E-state index contributed by atoms with van der Waals surface area (Å²) in [7, 11) is -2.01. The molecule has 0 atom stereocenters. The summed E-state index contributed by atoms with van der Waals surface area (Å²) in [5.41, 5.74) is 0.547. The number of aliphatic hydroxyl groups is 1. The highest BCUT2D eigenvalue weighted by Gasteiger charge is 2.16. The van der Waals surface area contributed by atoms with Crippen molar-refractivity contribution < 1.29 is 13.5 Å². The third-order valence-corrected chi connectivity index (χ3v) is 3.64. The Morgan fingerprint density at radius 3 is 2.68 bits per heavy atom. The van der Waals surface area contributed by atoms with E-state index in [1.54, 1.807) is 7.05 Å². The van der Waals surface area contributed by atoms with Crippen molar-refractivity contribution in [3.05, 3.63) is 36.0 Å². The van der Waals surface area contributed by atoms with E-state index in [9.17, 15) is 8.42 Å². The molecule has 0 saturated heterocycles. The third kappa shape index (κ3) is 3.34. The summed E-state index contributed by atoms with van der Waals surface area (Å²) in [5, 5.41) is 12.7. The summed E-state index contributed by atoms with van der Waals surface area (Å²) in [6.45, 7) is -0.189. The van der Waals surface area contributed by atoms with E-state index in [1.165, 1.54) is 29.3 Å². The second-order valence-corrected chi connectivity index (χ2v) is 5.54. The first-order chi connectivity index (χ1) is 9.01. The van der Waals surface area contributed by atoms with Crippen LogP contribution in [0.4, 0.5) is 0 Å². The van der Waals surface area contributed by atoms with Crippen molar-refractivity contribution in [2.24, 2.45) is 7.05 Å². The molecule has 0 fully saturated rings. The van der Waals surface area contributed by atoms with Crippen molar-refractivity contribution in [3.63, 3.8) is 0 Å². The molecule has 0 aliphatic carbocycles. The van der Waals surface area contributed by atoms with Crippen LogP contribution in [0.25, 0.3) is 0 Å². The molecule has 0 bridgehead atoms. The highest BCUT2D eigenvalue weighted by molar-refractivity contribution is 7.89. The van der Waals surface area contributed by atoms with Gasteiger partial charge in [0.05, 0.1) is 13.2 Å². The van der Waals surface area contributed by atoms with E-state index >= 15 is 0 Å². The standard InChI is InChI=1S/C10H13N5O3S/c1-15-7-12-9(14-15)5-13-19(17,18)10-3-2-8(6-16)4-11-10/h2-4,7,13,16H,5-6H2,1H3. The Bertz CT molecular complexity index is 650. The minimum atomic E-state index is -3.71. The fourth-order valence-electron chi connectivity index (χ4n) is 1.36. The lowest BCUT2D eigenvalue weighted by atomic mass is 10.3. The first-order valence-corrected chi connectivity index (χ1v) is 6.89. The van der Waals surface area contributed by atoms with Gasteiger partial charge < -0.3 is 5.11 Å².